The van der Waals surface area contributed by atoms with E-state index in [1.165, 1.54) is 18.7 Å². The van der Waals surface area contributed by atoms with Crippen LogP contribution < -0.4 is 9.47 Å². The molecule has 104 valence electrons. The zero-order chi connectivity index (χ0) is 14.1. The van der Waals surface area contributed by atoms with Gasteiger partial charge in [0.25, 0.3) is 0 Å². The Morgan fingerprint density at radius 2 is 1.95 bits per heavy atom. The Bertz CT molecular complexity index is 631. The van der Waals surface area contributed by atoms with Gasteiger partial charge in [0.1, 0.15) is 5.75 Å². The number of rotatable bonds is 3. The van der Waals surface area contributed by atoms with Gasteiger partial charge in [0.2, 0.25) is 0 Å². The lowest BCUT2D eigenvalue weighted by Crippen LogP contribution is -1.96. The van der Waals surface area contributed by atoms with E-state index in [4.69, 9.17) is 21.1 Å². The second-order valence-electron chi connectivity index (χ2n) is 4.72. The van der Waals surface area contributed by atoms with Crippen molar-refractivity contribution in [3.8, 4) is 11.5 Å². The summed E-state index contributed by atoms with van der Waals surface area (Å²) in [6.45, 7) is 0.718. The maximum atomic E-state index is 13.4. The Kier molecular flexibility index (Phi) is 3.53. The number of hydrogen-bond donors (Lipinski definition) is 0. The molecular weight excluding hydrogens is 279 g/mol. The van der Waals surface area contributed by atoms with Crippen LogP contribution in [-0.4, -0.2) is 13.7 Å². The fraction of sp³-hybridized carbons (Fsp3) is 0.250. The lowest BCUT2D eigenvalue weighted by Gasteiger charge is -2.13. The van der Waals surface area contributed by atoms with Crippen LogP contribution in [0.3, 0.4) is 0 Å². The molecule has 0 amide bonds. The first-order valence-electron chi connectivity index (χ1n) is 6.42. The average Bonchev–Trinajstić information content (AvgIpc) is 2.94. The van der Waals surface area contributed by atoms with Crippen LogP contribution in [-0.2, 0) is 6.42 Å². The summed E-state index contributed by atoms with van der Waals surface area (Å²) in [6, 6.07) is 10.6. The molecule has 2 nitrogen and oxygen atoms in total. The van der Waals surface area contributed by atoms with Crippen LogP contribution in [0.4, 0.5) is 4.39 Å². The predicted octanol–water partition coefficient (Wildman–Crippen LogP) is 4.10. The normalized spacial score (nSPS) is 14.6. The first-order valence-corrected chi connectivity index (χ1v) is 6.86. The Balaban J connectivity index is 1.94. The van der Waals surface area contributed by atoms with Crippen molar-refractivity contribution in [2.45, 2.75) is 11.8 Å². The maximum absolute atomic E-state index is 13.4. The lowest BCUT2D eigenvalue weighted by molar-refractivity contribution is 0.357. The summed E-state index contributed by atoms with van der Waals surface area (Å²) in [5, 5.41) is -0.338. The van der Waals surface area contributed by atoms with E-state index in [0.717, 1.165) is 29.9 Å². The van der Waals surface area contributed by atoms with Crippen LogP contribution in [0, 0.1) is 5.82 Å². The van der Waals surface area contributed by atoms with Gasteiger partial charge < -0.3 is 9.47 Å². The summed E-state index contributed by atoms with van der Waals surface area (Å²) in [6.07, 6.45) is 0.902. The van der Waals surface area contributed by atoms with Crippen molar-refractivity contribution in [3.63, 3.8) is 0 Å². The maximum Gasteiger partial charge on any atom is 0.165 e. The molecule has 4 heteroatoms. The summed E-state index contributed by atoms with van der Waals surface area (Å²) in [7, 11) is 1.44. The van der Waals surface area contributed by atoms with Crippen molar-refractivity contribution in [2.24, 2.45) is 0 Å². The molecular formula is C16H14ClFO2. The summed E-state index contributed by atoms with van der Waals surface area (Å²) in [4.78, 5) is 0. The van der Waals surface area contributed by atoms with Crippen molar-refractivity contribution in [2.75, 3.05) is 13.7 Å². The smallest absolute Gasteiger partial charge is 0.165 e. The molecule has 0 fully saturated rings. The second-order valence-corrected chi connectivity index (χ2v) is 5.16. The third kappa shape index (κ3) is 2.34. The van der Waals surface area contributed by atoms with Crippen molar-refractivity contribution < 1.29 is 13.9 Å². The van der Waals surface area contributed by atoms with Gasteiger partial charge in [-0.15, -0.1) is 11.6 Å². The molecule has 0 aliphatic carbocycles. The minimum absolute atomic E-state index is 0.206. The summed E-state index contributed by atoms with van der Waals surface area (Å²) in [5.74, 6) is 0.745. The zero-order valence-electron chi connectivity index (χ0n) is 11.0. The molecule has 3 rings (SSSR count). The van der Waals surface area contributed by atoms with E-state index in [1.807, 2.05) is 12.1 Å². The van der Waals surface area contributed by atoms with Gasteiger partial charge in [-0.1, -0.05) is 18.2 Å². The molecule has 1 heterocycles. The monoisotopic (exact) mass is 292 g/mol. The topological polar surface area (TPSA) is 18.5 Å². The SMILES string of the molecule is COc1cc(C(Cl)c2ccc3c(c2)CCO3)ccc1F. The number of benzene rings is 2. The molecule has 2 aromatic rings. The van der Waals surface area contributed by atoms with E-state index in [1.54, 1.807) is 12.1 Å². The standard InChI is InChI=1S/C16H14ClFO2/c1-19-15-9-12(2-4-13(15)18)16(17)11-3-5-14-10(8-11)6-7-20-14/h2-5,8-9,16H,6-7H2,1H3. The predicted molar refractivity (Wildman–Crippen MR) is 76.3 cm³/mol. The van der Waals surface area contributed by atoms with Crippen molar-refractivity contribution in [3.05, 3.63) is 58.9 Å². The molecule has 0 saturated carbocycles. The van der Waals surface area contributed by atoms with E-state index in [-0.39, 0.29) is 16.9 Å². The number of methoxy groups -OCH3 is 1. The third-order valence-electron chi connectivity index (χ3n) is 3.47. The number of halogens is 2. The van der Waals surface area contributed by atoms with E-state index in [9.17, 15) is 4.39 Å². The van der Waals surface area contributed by atoms with E-state index >= 15 is 0 Å². The molecule has 1 unspecified atom stereocenters. The highest BCUT2D eigenvalue weighted by molar-refractivity contribution is 6.22. The van der Waals surface area contributed by atoms with E-state index in [2.05, 4.69) is 6.07 Å². The van der Waals surface area contributed by atoms with Crippen LogP contribution in [0.25, 0.3) is 0 Å². The van der Waals surface area contributed by atoms with Gasteiger partial charge in [0, 0.05) is 6.42 Å². The minimum Gasteiger partial charge on any atom is -0.494 e. The van der Waals surface area contributed by atoms with Gasteiger partial charge in [0.15, 0.2) is 11.6 Å². The van der Waals surface area contributed by atoms with Gasteiger partial charge in [0.05, 0.1) is 19.1 Å². The highest BCUT2D eigenvalue weighted by Crippen LogP contribution is 2.35. The van der Waals surface area contributed by atoms with Crippen LogP contribution in [0.2, 0.25) is 0 Å². The molecule has 0 aromatic heterocycles. The number of alkyl halides is 1. The van der Waals surface area contributed by atoms with Crippen LogP contribution >= 0.6 is 11.6 Å². The second kappa shape index (κ2) is 5.33. The molecule has 0 bridgehead atoms. The fourth-order valence-electron chi connectivity index (χ4n) is 2.39. The third-order valence-corrected chi connectivity index (χ3v) is 3.98. The largest absolute Gasteiger partial charge is 0.494 e. The van der Waals surface area contributed by atoms with Crippen LogP contribution in [0.5, 0.6) is 11.5 Å². The van der Waals surface area contributed by atoms with Crippen molar-refractivity contribution in [1.29, 1.82) is 0 Å². The van der Waals surface area contributed by atoms with Gasteiger partial charge in [-0.25, -0.2) is 4.39 Å². The number of ether oxygens (including phenoxy) is 2. The van der Waals surface area contributed by atoms with Crippen molar-refractivity contribution >= 4 is 11.6 Å². The molecule has 2 aromatic carbocycles. The first kappa shape index (κ1) is 13.3. The minimum atomic E-state index is -0.387. The molecule has 1 atom stereocenters. The highest BCUT2D eigenvalue weighted by atomic mass is 35.5. The Morgan fingerprint density at radius 1 is 1.20 bits per heavy atom. The Hall–Kier alpha value is -1.74. The fourth-order valence-corrected chi connectivity index (χ4v) is 2.66. The molecule has 1 aliphatic heterocycles. The lowest BCUT2D eigenvalue weighted by atomic mass is 10.0. The molecule has 0 saturated heterocycles. The van der Waals surface area contributed by atoms with Gasteiger partial charge in [-0.2, -0.15) is 0 Å². The van der Waals surface area contributed by atoms with Crippen LogP contribution in [0.15, 0.2) is 36.4 Å². The highest BCUT2D eigenvalue weighted by Gasteiger charge is 2.18. The number of fused-ring (bicyclic) bond motifs is 1. The van der Waals surface area contributed by atoms with Gasteiger partial charge in [-0.05, 0) is 34.9 Å². The molecule has 0 spiro atoms. The first-order chi connectivity index (χ1) is 9.69. The molecule has 0 radical (unpaired) electrons. The average molecular weight is 293 g/mol. The number of hydrogen-bond acceptors (Lipinski definition) is 2. The molecule has 1 aliphatic rings. The Labute approximate surface area is 122 Å². The van der Waals surface area contributed by atoms with Crippen molar-refractivity contribution in [1.82, 2.24) is 0 Å². The summed E-state index contributed by atoms with van der Waals surface area (Å²) >= 11 is 6.50. The zero-order valence-corrected chi connectivity index (χ0v) is 11.8. The van der Waals surface area contributed by atoms with Gasteiger partial charge >= 0.3 is 0 Å². The van der Waals surface area contributed by atoms with Gasteiger partial charge in [-0.3, -0.25) is 0 Å². The van der Waals surface area contributed by atoms with E-state index in [0.29, 0.717) is 0 Å². The summed E-state index contributed by atoms with van der Waals surface area (Å²) < 4.78 is 23.9. The summed E-state index contributed by atoms with van der Waals surface area (Å²) in [5.41, 5.74) is 2.95. The quantitative estimate of drug-likeness (QED) is 0.793. The molecule has 0 N–H and O–H groups in total. The van der Waals surface area contributed by atoms with Crippen LogP contribution in [0.1, 0.15) is 22.1 Å². The Morgan fingerprint density at radius 3 is 2.75 bits per heavy atom. The molecule has 20 heavy (non-hydrogen) atoms. The van der Waals surface area contributed by atoms with E-state index < -0.39 is 0 Å².